The number of nitrogens with zero attached hydrogens (tertiary/aromatic N) is 1. The normalized spacial score (nSPS) is 15.5. The summed E-state index contributed by atoms with van der Waals surface area (Å²) in [5.74, 6) is -0.0493. The SMILES string of the molecule is NCCC(=O)Nc1cccc(S(=O)(=O)N[C@@H](Cc2ccccc2)C(=O)N2CCC(CCN)CC2)c1. The Kier molecular flexibility index (Phi) is 9.79. The average molecular weight is 502 g/mol. The van der Waals surface area contributed by atoms with Crippen molar-refractivity contribution in [3.63, 3.8) is 0 Å². The van der Waals surface area contributed by atoms with E-state index in [4.69, 9.17) is 11.5 Å². The van der Waals surface area contributed by atoms with Gasteiger partial charge in [-0.05, 0) is 61.9 Å². The van der Waals surface area contributed by atoms with Gasteiger partial charge in [0.2, 0.25) is 21.8 Å². The quantitative estimate of drug-likeness (QED) is 0.366. The van der Waals surface area contributed by atoms with Crippen molar-refractivity contribution < 1.29 is 18.0 Å². The second-order valence-corrected chi connectivity index (χ2v) is 10.5. The molecule has 1 heterocycles. The largest absolute Gasteiger partial charge is 0.341 e. The molecular weight excluding hydrogens is 466 g/mol. The highest BCUT2D eigenvalue weighted by atomic mass is 32.2. The summed E-state index contributed by atoms with van der Waals surface area (Å²) in [6.45, 7) is 1.98. The molecule has 190 valence electrons. The van der Waals surface area contributed by atoms with E-state index in [-0.39, 0.29) is 36.1 Å². The number of rotatable bonds is 11. The summed E-state index contributed by atoms with van der Waals surface area (Å²) in [4.78, 5) is 27.0. The van der Waals surface area contributed by atoms with Gasteiger partial charge in [-0.15, -0.1) is 0 Å². The summed E-state index contributed by atoms with van der Waals surface area (Å²) in [5, 5.41) is 2.64. The van der Waals surface area contributed by atoms with E-state index in [0.717, 1.165) is 24.8 Å². The van der Waals surface area contributed by atoms with E-state index < -0.39 is 16.1 Å². The van der Waals surface area contributed by atoms with E-state index in [9.17, 15) is 18.0 Å². The van der Waals surface area contributed by atoms with Crippen LogP contribution >= 0.6 is 0 Å². The van der Waals surface area contributed by atoms with Crippen LogP contribution in [0.25, 0.3) is 0 Å². The maximum absolute atomic E-state index is 13.5. The van der Waals surface area contributed by atoms with E-state index in [1.165, 1.54) is 12.1 Å². The number of piperidine rings is 1. The Morgan fingerprint density at radius 1 is 1.00 bits per heavy atom. The molecule has 1 saturated heterocycles. The lowest BCUT2D eigenvalue weighted by Gasteiger charge is -2.34. The Morgan fingerprint density at radius 3 is 2.37 bits per heavy atom. The number of carbonyl (C=O) groups excluding carboxylic acids is 2. The van der Waals surface area contributed by atoms with Crippen LogP contribution in [0.15, 0.2) is 59.5 Å². The number of sulfonamides is 1. The minimum atomic E-state index is -4.04. The van der Waals surface area contributed by atoms with Gasteiger partial charge in [-0.1, -0.05) is 36.4 Å². The van der Waals surface area contributed by atoms with Crippen LogP contribution in [0, 0.1) is 5.92 Å². The van der Waals surface area contributed by atoms with Gasteiger partial charge in [-0.3, -0.25) is 9.59 Å². The van der Waals surface area contributed by atoms with Gasteiger partial charge in [-0.25, -0.2) is 8.42 Å². The van der Waals surface area contributed by atoms with Gasteiger partial charge in [0, 0.05) is 31.7 Å². The summed E-state index contributed by atoms with van der Waals surface area (Å²) in [6.07, 6.45) is 3.01. The highest BCUT2D eigenvalue weighted by molar-refractivity contribution is 7.89. The first-order valence-corrected chi connectivity index (χ1v) is 13.5. The molecule has 6 N–H and O–H groups in total. The molecule has 1 atom stereocenters. The molecule has 1 aliphatic heterocycles. The zero-order valence-corrected chi connectivity index (χ0v) is 20.7. The molecule has 35 heavy (non-hydrogen) atoms. The molecule has 2 aromatic rings. The topological polar surface area (TPSA) is 148 Å². The summed E-state index contributed by atoms with van der Waals surface area (Å²) >= 11 is 0. The lowest BCUT2D eigenvalue weighted by molar-refractivity contribution is -0.134. The number of hydrogen-bond acceptors (Lipinski definition) is 6. The van der Waals surface area contributed by atoms with Crippen molar-refractivity contribution in [2.75, 3.05) is 31.5 Å². The number of amides is 2. The molecule has 10 heteroatoms. The molecule has 9 nitrogen and oxygen atoms in total. The van der Waals surface area contributed by atoms with E-state index in [2.05, 4.69) is 10.0 Å². The van der Waals surface area contributed by atoms with E-state index in [1.807, 2.05) is 30.3 Å². The minimum Gasteiger partial charge on any atom is -0.341 e. The average Bonchev–Trinajstić information content (AvgIpc) is 2.85. The third kappa shape index (κ3) is 7.86. The van der Waals surface area contributed by atoms with Crippen LogP contribution in [0.3, 0.4) is 0 Å². The summed E-state index contributed by atoms with van der Waals surface area (Å²) in [5.41, 5.74) is 12.3. The van der Waals surface area contributed by atoms with E-state index >= 15 is 0 Å². The molecule has 1 fully saturated rings. The predicted octanol–water partition coefficient (Wildman–Crippen LogP) is 1.45. The van der Waals surface area contributed by atoms with Crippen molar-refractivity contribution in [3.8, 4) is 0 Å². The van der Waals surface area contributed by atoms with E-state index in [1.54, 1.807) is 17.0 Å². The summed E-state index contributed by atoms with van der Waals surface area (Å²) < 4.78 is 29.2. The van der Waals surface area contributed by atoms with Gasteiger partial charge in [-0.2, -0.15) is 4.72 Å². The van der Waals surface area contributed by atoms with Crippen molar-refractivity contribution in [1.29, 1.82) is 0 Å². The molecule has 0 spiro atoms. The van der Waals surface area contributed by atoms with Crippen LogP contribution in [0.5, 0.6) is 0 Å². The van der Waals surface area contributed by atoms with Crippen LogP contribution in [0.4, 0.5) is 5.69 Å². The molecule has 0 radical (unpaired) electrons. The fourth-order valence-corrected chi connectivity index (χ4v) is 5.51. The van der Waals surface area contributed by atoms with Crippen LogP contribution in [-0.2, 0) is 26.0 Å². The molecule has 2 aromatic carbocycles. The number of hydrogen-bond donors (Lipinski definition) is 4. The Labute approximate surface area is 207 Å². The van der Waals surface area contributed by atoms with Crippen molar-refractivity contribution in [2.45, 2.75) is 43.0 Å². The first kappa shape index (κ1) is 26.8. The molecule has 3 rings (SSSR count). The van der Waals surface area contributed by atoms with Crippen LogP contribution in [-0.4, -0.2) is 57.4 Å². The van der Waals surface area contributed by atoms with Crippen molar-refractivity contribution in [2.24, 2.45) is 17.4 Å². The standard InChI is InChI=1S/C25H35N5O4S/c26-13-9-19-11-15-30(16-12-19)25(32)23(17-20-5-2-1-3-6-20)29-35(33,34)22-8-4-7-21(18-22)28-24(31)10-14-27/h1-8,18-19,23,29H,9-17,26-27H2,(H,28,31)/t23-/m0/s1. The molecule has 0 saturated carbocycles. The first-order valence-electron chi connectivity index (χ1n) is 12.0. The Hall–Kier alpha value is -2.79. The third-order valence-corrected chi connectivity index (χ3v) is 7.65. The van der Waals surface area contributed by atoms with Gasteiger partial charge < -0.3 is 21.7 Å². The highest BCUT2D eigenvalue weighted by Crippen LogP contribution is 2.22. The molecular formula is C25H35N5O4S. The zero-order chi connectivity index (χ0) is 25.3. The monoisotopic (exact) mass is 501 g/mol. The molecule has 0 aliphatic carbocycles. The molecule has 2 amide bonds. The minimum absolute atomic E-state index is 0.0319. The fourth-order valence-electron chi connectivity index (χ4n) is 4.28. The maximum atomic E-state index is 13.5. The molecule has 0 bridgehead atoms. The van der Waals surface area contributed by atoms with Gasteiger partial charge in [0.25, 0.3) is 0 Å². The number of nitrogens with two attached hydrogens (primary N) is 2. The van der Waals surface area contributed by atoms with Gasteiger partial charge >= 0.3 is 0 Å². The summed E-state index contributed by atoms with van der Waals surface area (Å²) in [7, 11) is -4.04. The van der Waals surface area contributed by atoms with Crippen molar-refractivity contribution in [1.82, 2.24) is 9.62 Å². The Bertz CT molecular complexity index is 1090. The van der Waals surface area contributed by atoms with Crippen LogP contribution < -0.4 is 21.5 Å². The maximum Gasteiger partial charge on any atom is 0.241 e. The first-order chi connectivity index (χ1) is 16.8. The molecule has 0 unspecified atom stereocenters. The lowest BCUT2D eigenvalue weighted by atomic mass is 9.93. The second kappa shape index (κ2) is 12.8. The van der Waals surface area contributed by atoms with Crippen molar-refractivity contribution in [3.05, 3.63) is 60.2 Å². The predicted molar refractivity (Wildman–Crippen MR) is 136 cm³/mol. The van der Waals surface area contributed by atoms with Gasteiger partial charge in [0.05, 0.1) is 4.90 Å². The van der Waals surface area contributed by atoms with Gasteiger partial charge in [0.15, 0.2) is 0 Å². The smallest absolute Gasteiger partial charge is 0.241 e. The second-order valence-electron chi connectivity index (χ2n) is 8.82. The number of anilines is 1. The number of likely N-dealkylation sites (tertiary alicyclic amines) is 1. The van der Waals surface area contributed by atoms with Crippen LogP contribution in [0.1, 0.15) is 31.2 Å². The summed E-state index contributed by atoms with van der Waals surface area (Å²) in [6, 6.07) is 14.3. The fraction of sp³-hybridized carbons (Fsp3) is 0.440. The molecule has 1 aliphatic rings. The third-order valence-electron chi connectivity index (χ3n) is 6.18. The zero-order valence-electron chi connectivity index (χ0n) is 19.9. The number of nitrogens with one attached hydrogen (secondary N) is 2. The Balaban J connectivity index is 1.79. The van der Waals surface area contributed by atoms with Crippen LogP contribution in [0.2, 0.25) is 0 Å². The number of benzene rings is 2. The number of carbonyl (C=O) groups is 2. The Morgan fingerprint density at radius 2 is 1.71 bits per heavy atom. The highest BCUT2D eigenvalue weighted by Gasteiger charge is 2.31. The molecule has 0 aromatic heterocycles. The van der Waals surface area contributed by atoms with Crippen molar-refractivity contribution >= 4 is 27.5 Å². The van der Waals surface area contributed by atoms with E-state index in [0.29, 0.717) is 31.2 Å². The lowest BCUT2D eigenvalue weighted by Crippen LogP contribution is -2.51. The van der Waals surface area contributed by atoms with Gasteiger partial charge in [0.1, 0.15) is 6.04 Å².